The summed E-state index contributed by atoms with van der Waals surface area (Å²) in [5.74, 6) is 2.51. The topological polar surface area (TPSA) is 46.4 Å². The van der Waals surface area contributed by atoms with Gasteiger partial charge in [0.1, 0.15) is 0 Å². The van der Waals surface area contributed by atoms with Gasteiger partial charge in [-0.3, -0.25) is 4.79 Å². The first-order chi connectivity index (χ1) is 12.2. The van der Waals surface area contributed by atoms with Gasteiger partial charge in [-0.05, 0) is 75.3 Å². The number of carbonyl (C=O) groups is 1. The smallest absolute Gasteiger partial charge is 0.246 e. The fourth-order valence-electron chi connectivity index (χ4n) is 6.02. The van der Waals surface area contributed by atoms with Crippen LogP contribution in [0.1, 0.15) is 45.4 Å². The van der Waals surface area contributed by atoms with Crippen molar-refractivity contribution in [3.05, 3.63) is 29.1 Å². The largest absolute Gasteiger partial charge is 0.315 e. The molecule has 0 radical (unpaired) electrons. The fraction of sp³-hybridized carbons (Fsp3) is 0.600. The van der Waals surface area contributed by atoms with Crippen LogP contribution < -0.4 is 10.2 Å². The molecule has 1 N–H and O–H groups in total. The molecule has 0 atom stereocenters. The number of hydrogen-bond acceptors (Lipinski definition) is 3. The third kappa shape index (κ3) is 2.47. The predicted octanol–water partition coefficient (Wildman–Crippen LogP) is 3.87. The van der Waals surface area contributed by atoms with Crippen LogP contribution in [0, 0.1) is 23.2 Å². The Morgan fingerprint density at radius 2 is 1.84 bits per heavy atom. The molecule has 0 saturated heterocycles. The quantitative estimate of drug-likeness (QED) is 0.835. The zero-order valence-corrected chi connectivity index (χ0v) is 15.5. The normalized spacial score (nSPS) is 34.0. The van der Waals surface area contributed by atoms with Gasteiger partial charge in [0, 0.05) is 6.54 Å². The van der Waals surface area contributed by atoms with Crippen LogP contribution in [0.5, 0.6) is 0 Å². The number of para-hydroxylation sites is 1. The second-order valence-corrected chi connectivity index (χ2v) is 9.36. The molecule has 1 amide bonds. The number of fused-ring (bicyclic) bond motifs is 1. The molecular formula is C20H25N3OS. The van der Waals surface area contributed by atoms with Gasteiger partial charge in [-0.25, -0.2) is 5.43 Å². The molecule has 4 saturated carbocycles. The summed E-state index contributed by atoms with van der Waals surface area (Å²) in [5, 5.41) is 4.55. The van der Waals surface area contributed by atoms with Gasteiger partial charge >= 0.3 is 0 Å². The SMILES string of the molecule is CCn1/c(=N/NC(=O)C23CC4CC(CC(C4)C2)C3)sc2ccccc21. The first-order valence-electron chi connectivity index (χ1n) is 9.59. The Morgan fingerprint density at radius 3 is 2.48 bits per heavy atom. The Labute approximate surface area is 151 Å². The molecule has 1 aromatic carbocycles. The molecule has 4 aliphatic rings. The Kier molecular flexibility index (Phi) is 3.56. The van der Waals surface area contributed by atoms with E-state index in [1.807, 2.05) is 0 Å². The van der Waals surface area contributed by atoms with Gasteiger partial charge in [0.15, 0.2) is 0 Å². The molecule has 1 aromatic heterocycles. The minimum Gasteiger partial charge on any atom is -0.315 e. The zero-order chi connectivity index (χ0) is 17.0. The van der Waals surface area contributed by atoms with Gasteiger partial charge in [0.25, 0.3) is 0 Å². The fourth-order valence-corrected chi connectivity index (χ4v) is 7.07. The van der Waals surface area contributed by atoms with E-state index in [-0.39, 0.29) is 11.3 Å². The lowest BCUT2D eigenvalue weighted by molar-refractivity contribution is -0.146. The highest BCUT2D eigenvalue weighted by Gasteiger charge is 2.54. The van der Waals surface area contributed by atoms with Crippen LogP contribution in [-0.2, 0) is 11.3 Å². The molecule has 4 fully saturated rings. The number of aryl methyl sites for hydroxylation is 1. The standard InChI is InChI=1S/C20H25N3OS/c1-2-23-16-5-3-4-6-17(16)25-19(23)22-21-18(24)20-10-13-7-14(11-20)9-15(8-13)12-20/h3-6,13-15H,2,7-12H2,1H3,(H,21,24)/b22-19-. The van der Waals surface area contributed by atoms with Crippen LogP contribution >= 0.6 is 11.3 Å². The first kappa shape index (κ1) is 15.6. The summed E-state index contributed by atoms with van der Waals surface area (Å²) in [5.41, 5.74) is 4.03. The van der Waals surface area contributed by atoms with Crippen molar-refractivity contribution in [3.8, 4) is 0 Å². The lowest BCUT2D eigenvalue weighted by atomic mass is 9.49. The van der Waals surface area contributed by atoms with Crippen molar-refractivity contribution in [1.82, 2.24) is 9.99 Å². The van der Waals surface area contributed by atoms with E-state index in [1.165, 1.54) is 29.5 Å². The molecule has 6 rings (SSSR count). The van der Waals surface area contributed by atoms with Crippen LogP contribution in [-0.4, -0.2) is 10.5 Å². The molecule has 0 unspecified atom stereocenters. The van der Waals surface area contributed by atoms with E-state index in [0.717, 1.165) is 48.4 Å². The number of carbonyl (C=O) groups excluding carboxylic acids is 1. The Morgan fingerprint density at radius 1 is 1.20 bits per heavy atom. The highest BCUT2D eigenvalue weighted by Crippen LogP contribution is 2.60. The summed E-state index contributed by atoms with van der Waals surface area (Å²) in [7, 11) is 0. The van der Waals surface area contributed by atoms with Crippen molar-refractivity contribution < 1.29 is 4.79 Å². The van der Waals surface area contributed by atoms with Crippen molar-refractivity contribution in [1.29, 1.82) is 0 Å². The van der Waals surface area contributed by atoms with Gasteiger partial charge in [-0.2, -0.15) is 0 Å². The van der Waals surface area contributed by atoms with E-state index >= 15 is 0 Å². The summed E-state index contributed by atoms with van der Waals surface area (Å²) >= 11 is 1.65. The lowest BCUT2D eigenvalue weighted by Crippen LogP contribution is -2.53. The molecular weight excluding hydrogens is 330 g/mol. The number of amides is 1. The molecule has 4 bridgehead atoms. The van der Waals surface area contributed by atoms with Crippen molar-refractivity contribution in [3.63, 3.8) is 0 Å². The summed E-state index contributed by atoms with van der Waals surface area (Å²) < 4.78 is 3.40. The van der Waals surface area contributed by atoms with E-state index in [9.17, 15) is 4.79 Å². The maximum absolute atomic E-state index is 13.1. The number of benzene rings is 1. The van der Waals surface area contributed by atoms with Crippen molar-refractivity contribution in [2.75, 3.05) is 0 Å². The van der Waals surface area contributed by atoms with E-state index in [0.29, 0.717) is 0 Å². The van der Waals surface area contributed by atoms with Gasteiger partial charge in [0.05, 0.1) is 15.6 Å². The van der Waals surface area contributed by atoms with Crippen molar-refractivity contribution in [2.24, 2.45) is 28.3 Å². The minimum absolute atomic E-state index is 0.133. The van der Waals surface area contributed by atoms with Crippen LogP contribution in [0.15, 0.2) is 29.4 Å². The molecule has 0 spiro atoms. The van der Waals surface area contributed by atoms with E-state index in [2.05, 4.69) is 46.3 Å². The van der Waals surface area contributed by atoms with Crippen LogP contribution in [0.3, 0.4) is 0 Å². The first-order valence-corrected chi connectivity index (χ1v) is 10.4. The van der Waals surface area contributed by atoms with Crippen molar-refractivity contribution in [2.45, 2.75) is 52.0 Å². The molecule has 5 heteroatoms. The summed E-state index contributed by atoms with van der Waals surface area (Å²) in [6.07, 6.45) is 7.32. The van der Waals surface area contributed by atoms with Gasteiger partial charge in [-0.15, -0.1) is 5.10 Å². The van der Waals surface area contributed by atoms with Gasteiger partial charge < -0.3 is 4.57 Å². The monoisotopic (exact) mass is 355 g/mol. The Bertz CT molecular complexity index is 858. The number of nitrogens with zero attached hydrogens (tertiary/aromatic N) is 2. The highest BCUT2D eigenvalue weighted by molar-refractivity contribution is 7.16. The maximum atomic E-state index is 13.1. The molecule has 4 aliphatic carbocycles. The molecule has 0 aliphatic heterocycles. The Hall–Kier alpha value is -1.62. The van der Waals surface area contributed by atoms with Gasteiger partial charge in [0.2, 0.25) is 10.7 Å². The maximum Gasteiger partial charge on any atom is 0.246 e. The number of nitrogens with one attached hydrogen (secondary N) is 1. The number of rotatable bonds is 3. The van der Waals surface area contributed by atoms with Gasteiger partial charge in [-0.1, -0.05) is 23.5 Å². The third-order valence-corrected chi connectivity index (χ3v) is 7.74. The second-order valence-electron chi connectivity index (χ2n) is 8.35. The Balaban J connectivity index is 1.44. The summed E-state index contributed by atoms with van der Waals surface area (Å²) in [4.78, 5) is 14.0. The molecule has 132 valence electrons. The predicted molar refractivity (Wildman–Crippen MR) is 99.8 cm³/mol. The average molecular weight is 356 g/mol. The third-order valence-electron chi connectivity index (χ3n) is 6.68. The highest BCUT2D eigenvalue weighted by atomic mass is 32.1. The van der Waals surface area contributed by atoms with E-state index in [4.69, 9.17) is 0 Å². The lowest BCUT2D eigenvalue weighted by Gasteiger charge is -2.55. The van der Waals surface area contributed by atoms with Crippen LogP contribution in [0.25, 0.3) is 10.2 Å². The van der Waals surface area contributed by atoms with Crippen LogP contribution in [0.2, 0.25) is 0 Å². The molecule has 4 nitrogen and oxygen atoms in total. The van der Waals surface area contributed by atoms with Crippen LogP contribution in [0.4, 0.5) is 0 Å². The summed E-state index contributed by atoms with van der Waals surface area (Å²) in [6.45, 7) is 2.98. The van der Waals surface area contributed by atoms with E-state index in [1.54, 1.807) is 11.3 Å². The molecule has 25 heavy (non-hydrogen) atoms. The number of thiazole rings is 1. The molecule has 2 aromatic rings. The summed E-state index contributed by atoms with van der Waals surface area (Å²) in [6, 6.07) is 8.34. The molecule has 1 heterocycles. The van der Waals surface area contributed by atoms with E-state index < -0.39 is 0 Å². The average Bonchev–Trinajstić information content (AvgIpc) is 2.96. The number of hydrogen-bond donors (Lipinski definition) is 1. The second kappa shape index (κ2) is 5.70. The minimum atomic E-state index is -0.133. The van der Waals surface area contributed by atoms with Crippen molar-refractivity contribution >= 4 is 27.5 Å². The zero-order valence-electron chi connectivity index (χ0n) is 14.7. The number of aromatic nitrogens is 1.